The minimum Gasteiger partial charge on any atom is -0.497 e. The Balaban J connectivity index is 1.84. The Bertz CT molecular complexity index is 1160. The summed E-state index contributed by atoms with van der Waals surface area (Å²) in [6, 6.07) is 18.1. The summed E-state index contributed by atoms with van der Waals surface area (Å²) >= 11 is 0. The Hall–Kier alpha value is -4.07. The fourth-order valence-electron chi connectivity index (χ4n) is 3.09. The predicted octanol–water partition coefficient (Wildman–Crippen LogP) is 4.12. The Morgan fingerprint density at radius 1 is 1.10 bits per heavy atom. The monoisotopic (exact) mass is 405 g/mol. The molecule has 0 spiro atoms. The van der Waals surface area contributed by atoms with Gasteiger partial charge in [0, 0.05) is 18.7 Å². The lowest BCUT2D eigenvalue weighted by atomic mass is 10.2. The molecule has 0 aliphatic heterocycles. The molecular formula is C22H19N3O5. The molecule has 4 rings (SSSR count). The van der Waals surface area contributed by atoms with Gasteiger partial charge >= 0.3 is 5.97 Å². The minimum absolute atomic E-state index is 0.0399. The summed E-state index contributed by atoms with van der Waals surface area (Å²) in [7, 11) is 1.56. The van der Waals surface area contributed by atoms with Crippen LogP contribution in [-0.4, -0.2) is 33.0 Å². The average molecular weight is 405 g/mol. The van der Waals surface area contributed by atoms with Crippen molar-refractivity contribution in [3.8, 4) is 28.8 Å². The van der Waals surface area contributed by atoms with Crippen LogP contribution in [0.2, 0.25) is 0 Å². The van der Waals surface area contributed by atoms with Crippen LogP contribution >= 0.6 is 0 Å². The van der Waals surface area contributed by atoms with Crippen molar-refractivity contribution < 1.29 is 23.8 Å². The second-order valence-electron chi connectivity index (χ2n) is 6.48. The summed E-state index contributed by atoms with van der Waals surface area (Å²) in [5, 5.41) is 17.9. The van der Waals surface area contributed by atoms with Gasteiger partial charge in [-0.15, -0.1) is 10.2 Å². The van der Waals surface area contributed by atoms with Gasteiger partial charge in [-0.1, -0.05) is 30.3 Å². The summed E-state index contributed by atoms with van der Waals surface area (Å²) in [5.41, 5.74) is 1.89. The molecule has 0 unspecified atom stereocenters. The van der Waals surface area contributed by atoms with Crippen LogP contribution in [0.5, 0.6) is 11.5 Å². The molecule has 1 N–H and O–H groups in total. The van der Waals surface area contributed by atoms with Crippen molar-refractivity contribution in [2.45, 2.75) is 13.5 Å². The van der Waals surface area contributed by atoms with Crippen LogP contribution in [0.15, 0.2) is 65.1 Å². The van der Waals surface area contributed by atoms with E-state index >= 15 is 0 Å². The van der Waals surface area contributed by atoms with E-state index in [4.69, 9.17) is 13.9 Å². The standard InChI is InChI=1S/C22H19N3O5/c1-14-23-24-21(30-14)18-12-19(29-13-15-6-4-3-5-7-15)20(22(26)27)25(18)16-8-10-17(28-2)11-9-16/h3-12H,13H2,1-2H3,(H,26,27). The van der Waals surface area contributed by atoms with Gasteiger partial charge < -0.3 is 19.0 Å². The average Bonchev–Trinajstić information content (AvgIpc) is 3.36. The second-order valence-corrected chi connectivity index (χ2v) is 6.48. The van der Waals surface area contributed by atoms with E-state index in [-0.39, 0.29) is 23.9 Å². The predicted molar refractivity (Wildman–Crippen MR) is 108 cm³/mol. The summed E-state index contributed by atoms with van der Waals surface area (Å²) in [6.45, 7) is 1.89. The molecule has 0 bridgehead atoms. The minimum atomic E-state index is -1.14. The number of benzene rings is 2. The van der Waals surface area contributed by atoms with E-state index in [2.05, 4.69) is 10.2 Å². The lowest BCUT2D eigenvalue weighted by molar-refractivity contribution is 0.0683. The van der Waals surface area contributed by atoms with Crippen LogP contribution < -0.4 is 9.47 Å². The highest BCUT2D eigenvalue weighted by Gasteiger charge is 2.26. The van der Waals surface area contributed by atoms with Crippen LogP contribution in [0, 0.1) is 6.92 Å². The van der Waals surface area contributed by atoms with Crippen LogP contribution in [0.1, 0.15) is 21.9 Å². The number of aromatic nitrogens is 3. The van der Waals surface area contributed by atoms with E-state index in [1.165, 1.54) is 4.57 Å². The van der Waals surface area contributed by atoms with Gasteiger partial charge in [-0.05, 0) is 29.8 Å². The SMILES string of the molecule is COc1ccc(-n2c(-c3nnc(C)o3)cc(OCc3ccccc3)c2C(=O)O)cc1. The van der Waals surface area contributed by atoms with Gasteiger partial charge in [-0.3, -0.25) is 4.57 Å². The van der Waals surface area contributed by atoms with Gasteiger partial charge in [-0.25, -0.2) is 4.79 Å². The number of carbonyl (C=O) groups is 1. The Morgan fingerprint density at radius 2 is 1.83 bits per heavy atom. The van der Waals surface area contributed by atoms with Crippen molar-refractivity contribution in [3.63, 3.8) is 0 Å². The van der Waals surface area contributed by atoms with E-state index in [1.54, 1.807) is 44.4 Å². The van der Waals surface area contributed by atoms with Crippen molar-refractivity contribution >= 4 is 5.97 Å². The fourth-order valence-corrected chi connectivity index (χ4v) is 3.09. The number of aryl methyl sites for hydroxylation is 1. The van der Waals surface area contributed by atoms with Crippen molar-refractivity contribution in [2.24, 2.45) is 0 Å². The van der Waals surface area contributed by atoms with E-state index < -0.39 is 5.97 Å². The number of aromatic carboxylic acids is 1. The van der Waals surface area contributed by atoms with E-state index in [9.17, 15) is 9.90 Å². The molecule has 0 fully saturated rings. The third kappa shape index (κ3) is 3.75. The van der Waals surface area contributed by atoms with E-state index in [1.807, 2.05) is 30.3 Å². The maximum absolute atomic E-state index is 12.2. The van der Waals surface area contributed by atoms with Crippen molar-refractivity contribution in [2.75, 3.05) is 7.11 Å². The van der Waals surface area contributed by atoms with Crippen LogP contribution in [0.3, 0.4) is 0 Å². The highest BCUT2D eigenvalue weighted by atomic mass is 16.5. The molecule has 2 heterocycles. The van der Waals surface area contributed by atoms with Crippen molar-refractivity contribution in [1.82, 2.24) is 14.8 Å². The molecular weight excluding hydrogens is 386 g/mol. The summed E-state index contributed by atoms with van der Waals surface area (Å²) in [4.78, 5) is 12.2. The van der Waals surface area contributed by atoms with Gasteiger partial charge in [0.2, 0.25) is 5.89 Å². The first-order valence-electron chi connectivity index (χ1n) is 9.17. The molecule has 0 amide bonds. The topological polar surface area (TPSA) is 99.6 Å². The first-order valence-corrected chi connectivity index (χ1v) is 9.17. The number of carboxylic acids is 1. The largest absolute Gasteiger partial charge is 0.497 e. The maximum atomic E-state index is 12.2. The van der Waals surface area contributed by atoms with Gasteiger partial charge in [-0.2, -0.15) is 0 Å². The lowest BCUT2D eigenvalue weighted by Gasteiger charge is -2.11. The lowest BCUT2D eigenvalue weighted by Crippen LogP contribution is -2.10. The first-order chi connectivity index (χ1) is 14.6. The molecule has 2 aromatic carbocycles. The highest BCUT2D eigenvalue weighted by molar-refractivity contribution is 5.92. The van der Waals surface area contributed by atoms with Crippen molar-refractivity contribution in [3.05, 3.63) is 77.8 Å². The highest BCUT2D eigenvalue weighted by Crippen LogP contribution is 2.34. The number of methoxy groups -OCH3 is 1. The molecule has 0 aliphatic rings. The second kappa shape index (κ2) is 8.12. The molecule has 0 saturated carbocycles. The fraction of sp³-hybridized carbons (Fsp3) is 0.136. The quantitative estimate of drug-likeness (QED) is 0.494. The number of hydrogen-bond donors (Lipinski definition) is 1. The third-order valence-corrected chi connectivity index (χ3v) is 4.48. The zero-order valence-electron chi connectivity index (χ0n) is 16.4. The molecule has 152 valence electrons. The summed E-state index contributed by atoms with van der Waals surface area (Å²) in [5.74, 6) is 0.277. The molecule has 0 radical (unpaired) electrons. The third-order valence-electron chi connectivity index (χ3n) is 4.48. The van der Waals surface area contributed by atoms with Crippen LogP contribution in [-0.2, 0) is 6.61 Å². The number of hydrogen-bond acceptors (Lipinski definition) is 6. The zero-order chi connectivity index (χ0) is 21.1. The van der Waals surface area contributed by atoms with Crippen molar-refractivity contribution in [1.29, 1.82) is 0 Å². The molecule has 2 aromatic heterocycles. The molecule has 0 saturated heterocycles. The molecule has 0 aliphatic carbocycles. The number of nitrogens with zero attached hydrogens (tertiary/aromatic N) is 3. The molecule has 8 heteroatoms. The Morgan fingerprint density at radius 3 is 2.43 bits per heavy atom. The summed E-state index contributed by atoms with van der Waals surface area (Å²) in [6.07, 6.45) is 0. The van der Waals surface area contributed by atoms with E-state index in [0.29, 0.717) is 23.0 Å². The molecule has 4 aromatic rings. The summed E-state index contributed by atoms with van der Waals surface area (Å²) < 4.78 is 18.2. The van der Waals surface area contributed by atoms with Crippen LogP contribution in [0.4, 0.5) is 0 Å². The molecule has 8 nitrogen and oxygen atoms in total. The van der Waals surface area contributed by atoms with Gasteiger partial charge in [0.1, 0.15) is 18.1 Å². The zero-order valence-corrected chi connectivity index (χ0v) is 16.4. The maximum Gasteiger partial charge on any atom is 0.356 e. The smallest absolute Gasteiger partial charge is 0.356 e. The molecule has 30 heavy (non-hydrogen) atoms. The van der Waals surface area contributed by atoms with Crippen LogP contribution in [0.25, 0.3) is 17.3 Å². The molecule has 0 atom stereocenters. The first kappa shape index (κ1) is 19.3. The van der Waals surface area contributed by atoms with E-state index in [0.717, 1.165) is 5.56 Å². The number of rotatable bonds is 7. The number of carboxylic acid groups (broad SMARTS) is 1. The van der Waals surface area contributed by atoms with Gasteiger partial charge in [0.15, 0.2) is 11.4 Å². The van der Waals surface area contributed by atoms with Gasteiger partial charge in [0.25, 0.3) is 5.89 Å². The normalized spacial score (nSPS) is 10.7. The number of ether oxygens (including phenoxy) is 2. The Kier molecular flexibility index (Phi) is 5.21. The Labute approximate surface area is 172 Å². The van der Waals surface area contributed by atoms with Gasteiger partial charge in [0.05, 0.1) is 7.11 Å².